The zero-order valence-electron chi connectivity index (χ0n) is 13.8. The van der Waals surface area contributed by atoms with E-state index in [1.54, 1.807) is 11.3 Å². The Kier molecular flexibility index (Phi) is 3.76. The number of likely N-dealkylation sites (N-methyl/N-ethyl adjacent to an activating group) is 1. The van der Waals surface area contributed by atoms with E-state index in [-0.39, 0.29) is 11.9 Å². The van der Waals surface area contributed by atoms with Crippen molar-refractivity contribution in [2.75, 3.05) is 18.5 Å². The van der Waals surface area contributed by atoms with E-state index in [0.717, 1.165) is 17.2 Å². The van der Waals surface area contributed by atoms with Crippen molar-refractivity contribution in [2.45, 2.75) is 25.9 Å². The Morgan fingerprint density at radius 3 is 3.04 bits per heavy atom. The van der Waals surface area contributed by atoms with Crippen LogP contribution >= 0.6 is 11.3 Å². The number of amides is 1. The molecule has 24 heavy (non-hydrogen) atoms. The fourth-order valence-corrected chi connectivity index (χ4v) is 4.12. The third-order valence-electron chi connectivity index (χ3n) is 4.61. The van der Waals surface area contributed by atoms with E-state index < -0.39 is 0 Å². The molecule has 0 spiro atoms. The van der Waals surface area contributed by atoms with Crippen LogP contribution in [0.15, 0.2) is 42.0 Å². The van der Waals surface area contributed by atoms with Gasteiger partial charge in [0, 0.05) is 49.6 Å². The maximum atomic E-state index is 12.9. The van der Waals surface area contributed by atoms with E-state index in [0.29, 0.717) is 13.0 Å². The predicted molar refractivity (Wildman–Crippen MR) is 96.5 cm³/mol. The van der Waals surface area contributed by atoms with Gasteiger partial charge in [0.2, 0.25) is 5.91 Å². The number of rotatable bonds is 2. The smallest absolute Gasteiger partial charge is 0.229 e. The second kappa shape index (κ2) is 5.94. The highest BCUT2D eigenvalue weighted by molar-refractivity contribution is 7.15. The largest absolute Gasteiger partial charge is 0.372 e. The standard InChI is InChI=1S/C18H20N4OS/c1-13-10-20(2)16-6-4-3-5-14(16)11-22(13)17(23)9-15-12-21-7-8-24-18(21)19-15/h3-8,12-13H,9-11H2,1-2H3/t13-/m0/s1. The van der Waals surface area contributed by atoms with Gasteiger partial charge in [-0.2, -0.15) is 0 Å². The lowest BCUT2D eigenvalue weighted by atomic mass is 10.1. The Morgan fingerprint density at radius 2 is 2.21 bits per heavy atom. The minimum absolute atomic E-state index is 0.137. The molecule has 0 radical (unpaired) electrons. The summed E-state index contributed by atoms with van der Waals surface area (Å²) < 4.78 is 1.97. The van der Waals surface area contributed by atoms with Gasteiger partial charge in [-0.05, 0) is 18.6 Å². The average molecular weight is 340 g/mol. The molecule has 1 aliphatic rings. The minimum Gasteiger partial charge on any atom is -0.372 e. The highest BCUT2D eigenvalue weighted by atomic mass is 32.1. The molecule has 124 valence electrons. The number of fused-ring (bicyclic) bond motifs is 2. The Balaban J connectivity index is 1.58. The van der Waals surface area contributed by atoms with Crippen molar-refractivity contribution >= 4 is 27.9 Å². The molecule has 1 amide bonds. The third-order valence-corrected chi connectivity index (χ3v) is 5.38. The summed E-state index contributed by atoms with van der Waals surface area (Å²) >= 11 is 1.59. The summed E-state index contributed by atoms with van der Waals surface area (Å²) in [4.78, 5) is 22.6. The Hall–Kier alpha value is -2.34. The van der Waals surface area contributed by atoms with Gasteiger partial charge in [-0.15, -0.1) is 11.3 Å². The van der Waals surface area contributed by atoms with Gasteiger partial charge in [-0.3, -0.25) is 9.20 Å². The molecule has 0 fully saturated rings. The van der Waals surface area contributed by atoms with E-state index in [9.17, 15) is 4.79 Å². The molecule has 3 aromatic rings. The van der Waals surface area contributed by atoms with Crippen molar-refractivity contribution in [1.82, 2.24) is 14.3 Å². The number of benzene rings is 1. The maximum absolute atomic E-state index is 12.9. The van der Waals surface area contributed by atoms with Crippen molar-refractivity contribution in [3.63, 3.8) is 0 Å². The molecule has 4 rings (SSSR count). The summed E-state index contributed by atoms with van der Waals surface area (Å²) in [7, 11) is 2.09. The number of imidazole rings is 1. The first-order valence-corrected chi connectivity index (χ1v) is 8.99. The molecule has 1 aromatic carbocycles. The highest BCUT2D eigenvalue weighted by Gasteiger charge is 2.27. The third kappa shape index (κ3) is 2.67. The van der Waals surface area contributed by atoms with Crippen molar-refractivity contribution in [3.8, 4) is 0 Å². The van der Waals surface area contributed by atoms with Crippen LogP contribution in [0.25, 0.3) is 4.96 Å². The number of aromatic nitrogens is 2. The molecule has 1 atom stereocenters. The second-order valence-electron chi connectivity index (χ2n) is 6.38. The van der Waals surface area contributed by atoms with Crippen LogP contribution in [0.2, 0.25) is 0 Å². The quantitative estimate of drug-likeness (QED) is 0.720. The SMILES string of the molecule is C[C@H]1CN(C)c2ccccc2CN1C(=O)Cc1cn2ccsc2n1. The Labute approximate surface area is 145 Å². The Morgan fingerprint density at radius 1 is 1.38 bits per heavy atom. The molecule has 2 aromatic heterocycles. The van der Waals surface area contributed by atoms with Crippen molar-refractivity contribution in [2.24, 2.45) is 0 Å². The molecule has 6 heteroatoms. The van der Waals surface area contributed by atoms with Crippen LogP contribution < -0.4 is 4.90 Å². The number of thiazole rings is 1. The number of carbonyl (C=O) groups excluding carboxylic acids is 1. The highest BCUT2D eigenvalue weighted by Crippen LogP contribution is 2.26. The fourth-order valence-electron chi connectivity index (χ4n) is 3.40. The van der Waals surface area contributed by atoms with Gasteiger partial charge in [0.25, 0.3) is 0 Å². The van der Waals surface area contributed by atoms with Crippen molar-refractivity contribution in [3.05, 3.63) is 53.3 Å². The normalized spacial score (nSPS) is 17.8. The summed E-state index contributed by atoms with van der Waals surface area (Å²) in [6.07, 6.45) is 4.28. The number of anilines is 1. The van der Waals surface area contributed by atoms with Gasteiger partial charge in [-0.1, -0.05) is 18.2 Å². The number of nitrogens with zero attached hydrogens (tertiary/aromatic N) is 4. The molecular weight excluding hydrogens is 320 g/mol. The topological polar surface area (TPSA) is 40.9 Å². The zero-order chi connectivity index (χ0) is 16.7. The first-order valence-electron chi connectivity index (χ1n) is 8.11. The number of hydrogen-bond donors (Lipinski definition) is 0. The van der Waals surface area contributed by atoms with Crippen molar-refractivity contribution in [1.29, 1.82) is 0 Å². The van der Waals surface area contributed by atoms with E-state index in [1.165, 1.54) is 11.3 Å². The molecular formula is C18H20N4OS. The fraction of sp³-hybridized carbons (Fsp3) is 0.333. The van der Waals surface area contributed by atoms with Crippen LogP contribution in [0.3, 0.4) is 0 Å². The summed E-state index contributed by atoms with van der Waals surface area (Å²) in [5.41, 5.74) is 3.25. The second-order valence-corrected chi connectivity index (χ2v) is 7.25. The summed E-state index contributed by atoms with van der Waals surface area (Å²) in [5.74, 6) is 0.137. The van der Waals surface area contributed by atoms with Gasteiger partial charge >= 0.3 is 0 Å². The van der Waals surface area contributed by atoms with Crippen molar-refractivity contribution < 1.29 is 4.79 Å². The van der Waals surface area contributed by atoms with Crippen LogP contribution in [0.1, 0.15) is 18.2 Å². The van der Waals surface area contributed by atoms with Crippen LogP contribution in [-0.2, 0) is 17.8 Å². The van der Waals surface area contributed by atoms with E-state index in [4.69, 9.17) is 0 Å². The van der Waals surface area contributed by atoms with Crippen LogP contribution in [-0.4, -0.2) is 39.8 Å². The zero-order valence-corrected chi connectivity index (χ0v) is 14.7. The molecule has 3 heterocycles. The molecule has 0 saturated carbocycles. The lowest BCUT2D eigenvalue weighted by molar-refractivity contribution is -0.132. The molecule has 0 unspecified atom stereocenters. The minimum atomic E-state index is 0.137. The monoisotopic (exact) mass is 340 g/mol. The van der Waals surface area contributed by atoms with E-state index in [1.807, 2.05) is 33.1 Å². The van der Waals surface area contributed by atoms with Gasteiger partial charge < -0.3 is 9.80 Å². The maximum Gasteiger partial charge on any atom is 0.229 e. The first-order chi connectivity index (χ1) is 11.6. The van der Waals surface area contributed by atoms with Gasteiger partial charge in [0.1, 0.15) is 0 Å². The Bertz CT molecular complexity index is 855. The van der Waals surface area contributed by atoms with Crippen LogP contribution in [0, 0.1) is 0 Å². The number of hydrogen-bond acceptors (Lipinski definition) is 4. The van der Waals surface area contributed by atoms with Gasteiger partial charge in [0.15, 0.2) is 4.96 Å². The molecule has 0 saturated heterocycles. The van der Waals surface area contributed by atoms with E-state index >= 15 is 0 Å². The molecule has 0 N–H and O–H groups in total. The molecule has 0 bridgehead atoms. The lowest BCUT2D eigenvalue weighted by Gasteiger charge is -2.28. The van der Waals surface area contributed by atoms with Crippen LogP contribution in [0.4, 0.5) is 5.69 Å². The molecule has 0 aliphatic carbocycles. The van der Waals surface area contributed by atoms with E-state index in [2.05, 4.69) is 42.1 Å². The van der Waals surface area contributed by atoms with Gasteiger partial charge in [0.05, 0.1) is 12.1 Å². The molecule has 1 aliphatic heterocycles. The predicted octanol–water partition coefficient (Wildman–Crippen LogP) is 2.81. The van der Waals surface area contributed by atoms with Crippen LogP contribution in [0.5, 0.6) is 0 Å². The lowest BCUT2D eigenvalue weighted by Crippen LogP contribution is -2.42. The summed E-state index contributed by atoms with van der Waals surface area (Å²) in [5, 5.41) is 2.00. The molecule has 5 nitrogen and oxygen atoms in total. The number of carbonyl (C=O) groups is 1. The summed E-state index contributed by atoms with van der Waals surface area (Å²) in [6, 6.07) is 8.49. The summed E-state index contributed by atoms with van der Waals surface area (Å²) in [6.45, 7) is 3.61. The van der Waals surface area contributed by atoms with Gasteiger partial charge in [-0.25, -0.2) is 4.98 Å². The number of para-hydroxylation sites is 1. The average Bonchev–Trinajstić information content (AvgIpc) is 3.10. The first kappa shape index (κ1) is 15.2.